The van der Waals surface area contributed by atoms with Gasteiger partial charge in [-0.2, -0.15) is 10.4 Å². The molecule has 0 radical (unpaired) electrons. The molecule has 1 heterocycles. The van der Waals surface area contributed by atoms with E-state index in [9.17, 15) is 4.79 Å². The molecule has 0 aliphatic carbocycles. The number of hydrogen-bond acceptors (Lipinski definition) is 3. The van der Waals surface area contributed by atoms with E-state index in [1.54, 1.807) is 16.8 Å². The third-order valence-corrected chi connectivity index (χ3v) is 4.49. The quantitative estimate of drug-likeness (QED) is 0.735. The van der Waals surface area contributed by atoms with Gasteiger partial charge < -0.3 is 5.32 Å². The van der Waals surface area contributed by atoms with Gasteiger partial charge in [0.1, 0.15) is 5.69 Å². The average molecular weight is 372 g/mol. The fourth-order valence-electron chi connectivity index (χ4n) is 2.81. The predicted molar refractivity (Wildman–Crippen MR) is 109 cm³/mol. The van der Waals surface area contributed by atoms with E-state index in [1.165, 1.54) is 0 Å². The molecular weight excluding hydrogens is 348 g/mol. The topological polar surface area (TPSA) is 70.7 Å². The fraction of sp³-hybridized carbons (Fsp3) is 0.261. The number of amides is 1. The van der Waals surface area contributed by atoms with Gasteiger partial charge in [0.05, 0.1) is 23.9 Å². The van der Waals surface area contributed by atoms with Crippen LogP contribution in [0.4, 0.5) is 0 Å². The zero-order valence-corrected chi connectivity index (χ0v) is 16.4. The normalized spacial score (nSPS) is 11.1. The van der Waals surface area contributed by atoms with Crippen molar-refractivity contribution in [3.8, 4) is 6.07 Å². The van der Waals surface area contributed by atoms with Crippen LogP contribution in [0.25, 0.3) is 0 Å². The number of nitriles is 1. The van der Waals surface area contributed by atoms with Gasteiger partial charge in [0, 0.05) is 12.0 Å². The lowest BCUT2D eigenvalue weighted by molar-refractivity contribution is 0.0940. The second kappa shape index (κ2) is 8.10. The van der Waals surface area contributed by atoms with E-state index in [0.717, 1.165) is 16.8 Å². The molecule has 142 valence electrons. The second-order valence-corrected chi connectivity index (χ2v) is 7.80. The van der Waals surface area contributed by atoms with Crippen LogP contribution >= 0.6 is 0 Å². The fourth-order valence-corrected chi connectivity index (χ4v) is 2.81. The second-order valence-electron chi connectivity index (χ2n) is 7.80. The molecule has 1 N–H and O–H groups in total. The van der Waals surface area contributed by atoms with Gasteiger partial charge in [0.2, 0.25) is 0 Å². The van der Waals surface area contributed by atoms with E-state index >= 15 is 0 Å². The van der Waals surface area contributed by atoms with Gasteiger partial charge in [-0.3, -0.25) is 9.48 Å². The molecule has 0 aliphatic heterocycles. The molecule has 0 unspecified atom stereocenters. The maximum atomic E-state index is 12.9. The first-order valence-corrected chi connectivity index (χ1v) is 9.26. The van der Waals surface area contributed by atoms with Gasteiger partial charge >= 0.3 is 0 Å². The summed E-state index contributed by atoms with van der Waals surface area (Å²) in [6.45, 7) is 7.18. The molecule has 2 aromatic carbocycles. The molecule has 0 fully saturated rings. The van der Waals surface area contributed by atoms with Crippen molar-refractivity contribution in [2.24, 2.45) is 0 Å². The standard InChI is InChI=1S/C23H24N4O/c1-23(2,3)21-13-20(27(26-21)16-19-7-5-4-6-8-19)22(28)25-15-18-11-9-17(14-24)10-12-18/h4-13H,15-16H2,1-3H3,(H,25,28). The van der Waals surface area contributed by atoms with Crippen molar-refractivity contribution in [3.05, 3.63) is 88.7 Å². The summed E-state index contributed by atoms with van der Waals surface area (Å²) in [5, 5.41) is 16.5. The average Bonchev–Trinajstić information content (AvgIpc) is 3.11. The first-order chi connectivity index (χ1) is 13.4. The summed E-state index contributed by atoms with van der Waals surface area (Å²) in [4.78, 5) is 12.9. The van der Waals surface area contributed by atoms with Crippen LogP contribution in [0.5, 0.6) is 0 Å². The molecule has 0 saturated heterocycles. The third-order valence-electron chi connectivity index (χ3n) is 4.49. The van der Waals surface area contributed by atoms with Gasteiger partial charge in [0.15, 0.2) is 0 Å². The Morgan fingerprint density at radius 1 is 1.07 bits per heavy atom. The molecule has 0 aliphatic rings. The number of carbonyl (C=O) groups is 1. The van der Waals surface area contributed by atoms with Crippen LogP contribution in [0.2, 0.25) is 0 Å². The first kappa shape index (κ1) is 19.4. The number of aromatic nitrogens is 2. The van der Waals surface area contributed by atoms with Gasteiger partial charge in [-0.15, -0.1) is 0 Å². The van der Waals surface area contributed by atoms with Crippen molar-refractivity contribution in [2.75, 3.05) is 0 Å². The van der Waals surface area contributed by atoms with Crippen LogP contribution in [-0.2, 0) is 18.5 Å². The van der Waals surface area contributed by atoms with E-state index in [0.29, 0.717) is 24.3 Å². The van der Waals surface area contributed by atoms with Crippen molar-refractivity contribution >= 4 is 5.91 Å². The Bertz CT molecular complexity index is 990. The van der Waals surface area contributed by atoms with E-state index in [1.807, 2.05) is 48.5 Å². The summed E-state index contributed by atoms with van der Waals surface area (Å²) in [5.74, 6) is -0.164. The number of nitrogens with one attached hydrogen (secondary N) is 1. The van der Waals surface area contributed by atoms with Crippen molar-refractivity contribution in [2.45, 2.75) is 39.3 Å². The Kier molecular flexibility index (Phi) is 5.60. The van der Waals surface area contributed by atoms with E-state index in [2.05, 4.69) is 32.2 Å². The van der Waals surface area contributed by atoms with Crippen molar-refractivity contribution < 1.29 is 4.79 Å². The molecule has 0 bridgehead atoms. The summed E-state index contributed by atoms with van der Waals surface area (Å²) < 4.78 is 1.77. The molecule has 3 rings (SSSR count). The molecule has 5 heteroatoms. The monoisotopic (exact) mass is 372 g/mol. The molecule has 28 heavy (non-hydrogen) atoms. The SMILES string of the molecule is CC(C)(C)c1cc(C(=O)NCc2ccc(C#N)cc2)n(Cc2ccccc2)n1. The Morgan fingerprint density at radius 2 is 1.75 bits per heavy atom. The summed E-state index contributed by atoms with van der Waals surface area (Å²) in [6.07, 6.45) is 0. The zero-order chi connectivity index (χ0) is 20.1. The van der Waals surface area contributed by atoms with Crippen LogP contribution in [0.15, 0.2) is 60.7 Å². The van der Waals surface area contributed by atoms with Crippen LogP contribution in [-0.4, -0.2) is 15.7 Å². The molecule has 5 nitrogen and oxygen atoms in total. The summed E-state index contributed by atoms with van der Waals surface area (Å²) in [6, 6.07) is 21.1. The highest BCUT2D eigenvalue weighted by atomic mass is 16.2. The van der Waals surface area contributed by atoms with E-state index in [4.69, 9.17) is 10.4 Å². The minimum absolute atomic E-state index is 0.149. The smallest absolute Gasteiger partial charge is 0.269 e. The lowest BCUT2D eigenvalue weighted by Gasteiger charge is -2.14. The Hall–Kier alpha value is -3.39. The Morgan fingerprint density at radius 3 is 2.36 bits per heavy atom. The minimum atomic E-state index is -0.164. The highest BCUT2D eigenvalue weighted by Crippen LogP contribution is 2.22. The van der Waals surface area contributed by atoms with Gasteiger partial charge in [-0.25, -0.2) is 0 Å². The molecule has 1 amide bonds. The van der Waals surface area contributed by atoms with Crippen LogP contribution in [0.3, 0.4) is 0 Å². The van der Waals surface area contributed by atoms with Crippen molar-refractivity contribution in [1.82, 2.24) is 15.1 Å². The summed E-state index contributed by atoms with van der Waals surface area (Å²) in [5.41, 5.74) is 3.91. The Labute approximate surface area is 165 Å². The first-order valence-electron chi connectivity index (χ1n) is 9.26. The number of nitrogens with zero attached hydrogens (tertiary/aromatic N) is 3. The molecule has 0 atom stereocenters. The number of rotatable bonds is 5. The number of hydrogen-bond donors (Lipinski definition) is 1. The molecule has 0 spiro atoms. The van der Waals surface area contributed by atoms with Crippen molar-refractivity contribution in [1.29, 1.82) is 5.26 Å². The van der Waals surface area contributed by atoms with Crippen LogP contribution in [0, 0.1) is 11.3 Å². The van der Waals surface area contributed by atoms with Gasteiger partial charge in [-0.1, -0.05) is 63.2 Å². The predicted octanol–water partition coefficient (Wildman–Crippen LogP) is 4.03. The van der Waals surface area contributed by atoms with Gasteiger partial charge in [-0.05, 0) is 29.3 Å². The molecular formula is C23H24N4O. The summed E-state index contributed by atoms with van der Waals surface area (Å²) >= 11 is 0. The van der Waals surface area contributed by atoms with Crippen LogP contribution < -0.4 is 5.32 Å². The molecule has 3 aromatic rings. The molecule has 1 aromatic heterocycles. The highest BCUT2D eigenvalue weighted by Gasteiger charge is 2.23. The maximum Gasteiger partial charge on any atom is 0.269 e. The highest BCUT2D eigenvalue weighted by molar-refractivity contribution is 5.92. The number of benzene rings is 2. The van der Waals surface area contributed by atoms with E-state index < -0.39 is 0 Å². The number of carbonyl (C=O) groups excluding carboxylic acids is 1. The Balaban J connectivity index is 1.80. The van der Waals surface area contributed by atoms with Crippen LogP contribution in [0.1, 0.15) is 53.6 Å². The third kappa shape index (κ3) is 4.66. The maximum absolute atomic E-state index is 12.9. The molecule has 0 saturated carbocycles. The van der Waals surface area contributed by atoms with Gasteiger partial charge in [0.25, 0.3) is 5.91 Å². The summed E-state index contributed by atoms with van der Waals surface area (Å²) in [7, 11) is 0. The zero-order valence-electron chi connectivity index (χ0n) is 16.4. The lowest BCUT2D eigenvalue weighted by atomic mass is 9.92. The van der Waals surface area contributed by atoms with E-state index in [-0.39, 0.29) is 11.3 Å². The van der Waals surface area contributed by atoms with Crippen molar-refractivity contribution in [3.63, 3.8) is 0 Å². The largest absolute Gasteiger partial charge is 0.347 e. The lowest BCUT2D eigenvalue weighted by Crippen LogP contribution is -2.26. The minimum Gasteiger partial charge on any atom is -0.347 e.